The molecule has 0 unspecified atom stereocenters. The Morgan fingerprint density at radius 2 is 1.52 bits per heavy atom. The number of amides is 2. The molecule has 0 aliphatic rings. The maximum Gasteiger partial charge on any atom is 0.326 e. The second-order valence-corrected chi connectivity index (χ2v) is 6.83. The Hall–Kier alpha value is -3.93. The van der Waals surface area contributed by atoms with E-state index in [1.165, 1.54) is 0 Å². The summed E-state index contributed by atoms with van der Waals surface area (Å²) < 4.78 is 0. The number of nitrogens with one attached hydrogen (secondary N) is 3. The number of carbonyl (C=O) groups is 5. The van der Waals surface area contributed by atoms with Gasteiger partial charge in [-0.25, -0.2) is 4.79 Å². The van der Waals surface area contributed by atoms with Crippen molar-refractivity contribution >= 4 is 40.6 Å². The van der Waals surface area contributed by atoms with Crippen molar-refractivity contribution in [2.45, 2.75) is 37.4 Å². The maximum atomic E-state index is 12.5. The zero-order valence-corrected chi connectivity index (χ0v) is 16.2. The molecule has 0 fully saturated rings. The fourth-order valence-corrected chi connectivity index (χ4v) is 2.94. The van der Waals surface area contributed by atoms with Gasteiger partial charge in [-0.1, -0.05) is 18.2 Å². The summed E-state index contributed by atoms with van der Waals surface area (Å²) >= 11 is 0. The summed E-state index contributed by atoms with van der Waals surface area (Å²) in [6.07, 6.45) is -0.0755. The fraction of sp³-hybridized carbons (Fsp3) is 0.316. The van der Waals surface area contributed by atoms with Gasteiger partial charge in [0.05, 0.1) is 18.9 Å². The maximum absolute atomic E-state index is 12.5. The second-order valence-electron chi connectivity index (χ2n) is 6.83. The minimum Gasteiger partial charge on any atom is -0.481 e. The lowest BCUT2D eigenvalue weighted by Gasteiger charge is -2.21. The highest BCUT2D eigenvalue weighted by Crippen LogP contribution is 2.19. The third-order valence-corrected chi connectivity index (χ3v) is 4.46. The number of aromatic nitrogens is 1. The van der Waals surface area contributed by atoms with Crippen molar-refractivity contribution < 1.29 is 39.3 Å². The van der Waals surface area contributed by atoms with Gasteiger partial charge in [-0.2, -0.15) is 0 Å². The molecule has 12 heteroatoms. The van der Waals surface area contributed by atoms with E-state index in [4.69, 9.17) is 15.9 Å². The monoisotopic (exact) mass is 434 g/mol. The van der Waals surface area contributed by atoms with E-state index < -0.39 is 60.7 Å². The van der Waals surface area contributed by atoms with Crippen molar-refractivity contribution in [1.82, 2.24) is 15.6 Å². The lowest BCUT2D eigenvalue weighted by molar-refractivity contribution is -0.144. The van der Waals surface area contributed by atoms with Gasteiger partial charge in [0.25, 0.3) is 0 Å². The highest BCUT2D eigenvalue weighted by Gasteiger charge is 2.30. The van der Waals surface area contributed by atoms with Crippen LogP contribution in [0, 0.1) is 0 Å². The first-order valence-corrected chi connectivity index (χ1v) is 9.16. The van der Waals surface area contributed by atoms with Crippen LogP contribution < -0.4 is 16.4 Å². The third-order valence-electron chi connectivity index (χ3n) is 4.46. The molecule has 2 amide bonds. The number of nitrogens with two attached hydrogens (primary N) is 1. The highest BCUT2D eigenvalue weighted by atomic mass is 16.4. The Balaban J connectivity index is 2.14. The van der Waals surface area contributed by atoms with Crippen LogP contribution in [0.25, 0.3) is 10.9 Å². The topological polar surface area (TPSA) is 212 Å². The van der Waals surface area contributed by atoms with Crippen LogP contribution in [0.2, 0.25) is 0 Å². The minimum absolute atomic E-state index is 0.0998. The SMILES string of the molecule is N[C@@H](CC(=O)O)C(=O)N[C@@H](CC(=O)O)C(=O)N[C@@H](Cc1c[nH]c2ccccc12)C(=O)O. The molecule has 0 aliphatic heterocycles. The van der Waals surface area contributed by atoms with Crippen LogP contribution in [0.4, 0.5) is 0 Å². The van der Waals surface area contributed by atoms with Crippen molar-refractivity contribution in [1.29, 1.82) is 0 Å². The van der Waals surface area contributed by atoms with Crippen LogP contribution in [0.15, 0.2) is 30.5 Å². The molecule has 3 atom stereocenters. The first-order valence-electron chi connectivity index (χ1n) is 9.16. The molecular weight excluding hydrogens is 412 g/mol. The van der Waals surface area contributed by atoms with Crippen molar-refractivity contribution in [3.05, 3.63) is 36.0 Å². The molecule has 12 nitrogen and oxygen atoms in total. The van der Waals surface area contributed by atoms with Crippen molar-refractivity contribution in [3.8, 4) is 0 Å². The molecule has 2 aromatic rings. The van der Waals surface area contributed by atoms with Crippen LogP contribution in [0.1, 0.15) is 18.4 Å². The average Bonchev–Trinajstić information content (AvgIpc) is 3.08. The van der Waals surface area contributed by atoms with Crippen molar-refractivity contribution in [2.24, 2.45) is 5.73 Å². The largest absolute Gasteiger partial charge is 0.481 e. The van der Waals surface area contributed by atoms with Gasteiger partial charge < -0.3 is 36.7 Å². The van der Waals surface area contributed by atoms with E-state index in [9.17, 15) is 29.1 Å². The van der Waals surface area contributed by atoms with Gasteiger partial charge in [-0.15, -0.1) is 0 Å². The van der Waals surface area contributed by atoms with Gasteiger partial charge >= 0.3 is 17.9 Å². The van der Waals surface area contributed by atoms with E-state index >= 15 is 0 Å². The molecule has 2 rings (SSSR count). The van der Waals surface area contributed by atoms with Crippen LogP contribution >= 0.6 is 0 Å². The summed E-state index contributed by atoms with van der Waals surface area (Å²) in [6.45, 7) is 0. The van der Waals surface area contributed by atoms with Gasteiger partial charge in [-0.05, 0) is 11.6 Å². The van der Waals surface area contributed by atoms with E-state index in [2.05, 4.69) is 15.6 Å². The summed E-state index contributed by atoms with van der Waals surface area (Å²) in [5.41, 5.74) is 6.81. The molecule has 0 saturated heterocycles. The first kappa shape index (κ1) is 23.3. The number of rotatable bonds is 11. The number of aliphatic carboxylic acids is 3. The number of fused-ring (bicyclic) bond motifs is 1. The minimum atomic E-state index is -1.64. The summed E-state index contributed by atoms with van der Waals surface area (Å²) in [5, 5.41) is 32.3. The molecule has 0 spiro atoms. The molecular formula is C19H22N4O8. The fourth-order valence-electron chi connectivity index (χ4n) is 2.94. The summed E-state index contributed by atoms with van der Waals surface area (Å²) in [6, 6.07) is 2.58. The lowest BCUT2D eigenvalue weighted by atomic mass is 10.0. The van der Waals surface area contributed by atoms with Crippen LogP contribution in [0.5, 0.6) is 0 Å². The Labute approximate surface area is 175 Å². The number of hydrogen-bond acceptors (Lipinski definition) is 6. The van der Waals surface area contributed by atoms with Crippen LogP contribution in [-0.4, -0.2) is 68.2 Å². The molecule has 166 valence electrons. The number of aromatic amines is 1. The number of hydrogen-bond donors (Lipinski definition) is 7. The number of para-hydroxylation sites is 1. The molecule has 8 N–H and O–H groups in total. The van der Waals surface area contributed by atoms with Crippen molar-refractivity contribution in [2.75, 3.05) is 0 Å². The van der Waals surface area contributed by atoms with Crippen molar-refractivity contribution in [3.63, 3.8) is 0 Å². The Bertz CT molecular complexity index is 1000. The molecule has 1 heterocycles. The molecule has 1 aromatic carbocycles. The summed E-state index contributed by atoms with van der Waals surface area (Å²) in [4.78, 5) is 61.0. The van der Waals surface area contributed by atoms with E-state index in [0.717, 1.165) is 10.9 Å². The number of carbonyl (C=O) groups excluding carboxylic acids is 2. The van der Waals surface area contributed by atoms with Gasteiger partial charge in [-0.3, -0.25) is 19.2 Å². The molecule has 0 saturated carbocycles. The van der Waals surface area contributed by atoms with E-state index in [0.29, 0.717) is 5.56 Å². The quantitative estimate of drug-likeness (QED) is 0.232. The molecule has 31 heavy (non-hydrogen) atoms. The van der Waals surface area contributed by atoms with Crippen LogP contribution in [-0.2, 0) is 30.4 Å². The molecule has 0 bridgehead atoms. The number of carboxylic acid groups (broad SMARTS) is 3. The first-order chi connectivity index (χ1) is 14.6. The third kappa shape index (κ3) is 6.54. The zero-order valence-electron chi connectivity index (χ0n) is 16.2. The standard InChI is InChI=1S/C19H22N4O8/c20-11(6-15(24)25)17(28)22-13(7-16(26)27)18(29)23-14(19(30)31)5-9-8-21-12-4-2-1-3-10(9)12/h1-4,8,11,13-14,21H,5-7,20H2,(H,22,28)(H,23,29)(H,24,25)(H,26,27)(H,30,31)/t11-,13-,14-/m0/s1. The van der Waals surface area contributed by atoms with E-state index in [-0.39, 0.29) is 6.42 Å². The van der Waals surface area contributed by atoms with Gasteiger partial charge in [0.1, 0.15) is 12.1 Å². The number of H-pyrrole nitrogens is 1. The Morgan fingerprint density at radius 3 is 2.13 bits per heavy atom. The van der Waals surface area contributed by atoms with Gasteiger partial charge in [0, 0.05) is 23.5 Å². The van der Waals surface area contributed by atoms with E-state index in [1.54, 1.807) is 30.5 Å². The number of carboxylic acids is 3. The van der Waals surface area contributed by atoms with Gasteiger partial charge in [0.2, 0.25) is 11.8 Å². The lowest BCUT2D eigenvalue weighted by Crippen LogP contribution is -2.55. The molecule has 1 aromatic heterocycles. The Kier molecular flexibility index (Phi) is 7.69. The predicted octanol–water partition coefficient (Wildman–Crippen LogP) is -0.959. The summed E-state index contributed by atoms with van der Waals surface area (Å²) in [7, 11) is 0. The Morgan fingerprint density at radius 1 is 0.903 bits per heavy atom. The number of benzene rings is 1. The normalized spacial score (nSPS) is 13.7. The average molecular weight is 434 g/mol. The highest BCUT2D eigenvalue weighted by molar-refractivity contribution is 5.95. The van der Waals surface area contributed by atoms with Gasteiger partial charge in [0.15, 0.2) is 0 Å². The van der Waals surface area contributed by atoms with Crippen LogP contribution in [0.3, 0.4) is 0 Å². The van der Waals surface area contributed by atoms with E-state index in [1.807, 2.05) is 0 Å². The smallest absolute Gasteiger partial charge is 0.326 e. The predicted molar refractivity (Wildman–Crippen MR) is 106 cm³/mol. The summed E-state index contributed by atoms with van der Waals surface area (Å²) in [5.74, 6) is -6.25. The zero-order chi connectivity index (χ0) is 23.1. The second kappa shape index (κ2) is 10.2. The molecule has 0 aliphatic carbocycles. The molecule has 0 radical (unpaired) electrons.